The largest absolute Gasteiger partial charge is 0.296 e. The van der Waals surface area contributed by atoms with Crippen LogP contribution >= 0.6 is 11.3 Å². The Hall–Kier alpha value is -4.34. The maximum Gasteiger partial charge on any atom is 0.264 e. The van der Waals surface area contributed by atoms with Crippen molar-refractivity contribution in [3.63, 3.8) is 0 Å². The third-order valence-corrected chi connectivity index (χ3v) is 8.52. The summed E-state index contributed by atoms with van der Waals surface area (Å²) in [6, 6.07) is 32.2. The lowest BCUT2D eigenvalue weighted by molar-refractivity contribution is 0.102. The van der Waals surface area contributed by atoms with Crippen molar-refractivity contribution < 1.29 is 13.2 Å². The monoisotopic (exact) mass is 540 g/mol. The van der Waals surface area contributed by atoms with Crippen LogP contribution in [0.15, 0.2) is 114 Å². The van der Waals surface area contributed by atoms with Crippen LogP contribution in [0.1, 0.15) is 21.5 Å². The molecule has 0 bridgehead atoms. The van der Waals surface area contributed by atoms with E-state index < -0.39 is 15.9 Å². The summed E-state index contributed by atoms with van der Waals surface area (Å²) in [6.45, 7) is 1.95. The third kappa shape index (κ3) is 5.49. The lowest BCUT2D eigenvalue weighted by Crippen LogP contribution is -2.32. The Morgan fingerprint density at radius 2 is 1.45 bits per heavy atom. The van der Waals surface area contributed by atoms with Crippen LogP contribution in [0, 0.1) is 6.92 Å². The number of carbonyl (C=O) groups is 1. The topological polar surface area (TPSA) is 92.3 Å². The van der Waals surface area contributed by atoms with E-state index in [1.165, 1.54) is 15.6 Å². The standard InChI is InChI=1S/C29H24N4O3S2/c1-21-16-18-24(19-17-21)38(35,36)33(20-22-10-4-2-5-11-22)26-15-9-8-14-25(26)27(34)30-29-32-31-28(37-29)23-12-6-3-7-13-23/h2-19H,20H2,1H3,(H,30,32,34). The molecule has 0 spiro atoms. The first-order chi connectivity index (χ1) is 18.4. The molecule has 0 saturated heterocycles. The van der Waals surface area contributed by atoms with E-state index >= 15 is 0 Å². The Morgan fingerprint density at radius 1 is 0.816 bits per heavy atom. The molecule has 1 N–H and O–H groups in total. The number of hydrogen-bond acceptors (Lipinski definition) is 6. The number of hydrogen-bond donors (Lipinski definition) is 1. The number of rotatable bonds is 8. The first kappa shape index (κ1) is 25.3. The highest BCUT2D eigenvalue weighted by atomic mass is 32.2. The zero-order chi connectivity index (χ0) is 26.5. The Balaban J connectivity index is 1.51. The summed E-state index contributed by atoms with van der Waals surface area (Å²) in [5, 5.41) is 12.1. The molecule has 0 fully saturated rings. The molecule has 0 aliphatic rings. The molecule has 9 heteroatoms. The molecule has 0 atom stereocenters. The summed E-state index contributed by atoms with van der Waals surface area (Å²) in [7, 11) is -4.00. The summed E-state index contributed by atoms with van der Waals surface area (Å²) in [4.78, 5) is 13.6. The second-order valence-corrected chi connectivity index (χ2v) is 11.4. The van der Waals surface area contributed by atoms with Gasteiger partial charge in [0.15, 0.2) is 0 Å². The second kappa shape index (κ2) is 11.0. The van der Waals surface area contributed by atoms with Crippen molar-refractivity contribution in [3.05, 3.63) is 126 Å². The average Bonchev–Trinajstić information content (AvgIpc) is 3.41. The van der Waals surface area contributed by atoms with Gasteiger partial charge in [-0.05, 0) is 36.8 Å². The van der Waals surface area contributed by atoms with E-state index in [2.05, 4.69) is 15.5 Å². The van der Waals surface area contributed by atoms with E-state index in [9.17, 15) is 13.2 Å². The van der Waals surface area contributed by atoms with E-state index in [0.29, 0.717) is 10.1 Å². The van der Waals surface area contributed by atoms with Gasteiger partial charge in [0.05, 0.1) is 22.7 Å². The first-order valence-electron chi connectivity index (χ1n) is 11.8. The Kier molecular flexibility index (Phi) is 7.30. The maximum atomic E-state index is 13.9. The molecule has 0 unspecified atom stereocenters. The summed E-state index contributed by atoms with van der Waals surface area (Å²) in [6.07, 6.45) is 0. The van der Waals surface area contributed by atoms with Gasteiger partial charge in [0.2, 0.25) is 5.13 Å². The molecule has 1 aromatic heterocycles. The van der Waals surface area contributed by atoms with Gasteiger partial charge in [-0.25, -0.2) is 8.42 Å². The van der Waals surface area contributed by atoms with Crippen LogP contribution in [0.2, 0.25) is 0 Å². The second-order valence-electron chi connectivity index (χ2n) is 8.56. The van der Waals surface area contributed by atoms with Crippen molar-refractivity contribution in [3.8, 4) is 10.6 Å². The highest BCUT2D eigenvalue weighted by Crippen LogP contribution is 2.31. The number of aryl methyl sites for hydroxylation is 1. The van der Waals surface area contributed by atoms with Crippen molar-refractivity contribution >= 4 is 38.1 Å². The molecule has 190 valence electrons. The molecule has 0 saturated carbocycles. The minimum atomic E-state index is -4.00. The zero-order valence-corrected chi connectivity index (χ0v) is 22.1. The summed E-state index contributed by atoms with van der Waals surface area (Å²) in [5.74, 6) is -0.478. The fourth-order valence-electron chi connectivity index (χ4n) is 3.91. The number of benzene rings is 4. The van der Waals surface area contributed by atoms with E-state index in [-0.39, 0.29) is 22.7 Å². The van der Waals surface area contributed by atoms with Crippen LogP contribution in [0.5, 0.6) is 0 Å². The fourth-order valence-corrected chi connectivity index (χ4v) is 6.12. The number of carbonyl (C=O) groups excluding carboxylic acids is 1. The van der Waals surface area contributed by atoms with E-state index in [1.807, 2.05) is 67.6 Å². The van der Waals surface area contributed by atoms with Crippen LogP contribution in [0.3, 0.4) is 0 Å². The summed E-state index contributed by atoms with van der Waals surface area (Å²) >= 11 is 1.24. The van der Waals surface area contributed by atoms with Crippen LogP contribution in [0.25, 0.3) is 10.6 Å². The van der Waals surface area contributed by atoms with Crippen LogP contribution in [-0.4, -0.2) is 24.5 Å². The molecule has 7 nitrogen and oxygen atoms in total. The van der Waals surface area contributed by atoms with Crippen molar-refractivity contribution in [2.75, 3.05) is 9.62 Å². The Bertz CT molecular complexity index is 1650. The van der Waals surface area contributed by atoms with Gasteiger partial charge >= 0.3 is 0 Å². The lowest BCUT2D eigenvalue weighted by Gasteiger charge is -2.26. The first-order valence-corrected chi connectivity index (χ1v) is 14.1. The van der Waals surface area contributed by atoms with Gasteiger partial charge in [0.25, 0.3) is 15.9 Å². The quantitative estimate of drug-likeness (QED) is 0.254. The zero-order valence-electron chi connectivity index (χ0n) is 20.5. The highest BCUT2D eigenvalue weighted by molar-refractivity contribution is 7.92. The van der Waals surface area contributed by atoms with Crippen LogP contribution < -0.4 is 9.62 Å². The van der Waals surface area contributed by atoms with Crippen molar-refractivity contribution in [1.29, 1.82) is 0 Å². The molecule has 0 radical (unpaired) electrons. The van der Waals surface area contributed by atoms with Gasteiger partial charge in [0, 0.05) is 5.56 Å². The van der Waals surface area contributed by atoms with E-state index in [1.54, 1.807) is 48.5 Å². The van der Waals surface area contributed by atoms with Crippen LogP contribution in [0.4, 0.5) is 10.8 Å². The van der Waals surface area contributed by atoms with Gasteiger partial charge in [0.1, 0.15) is 5.01 Å². The van der Waals surface area contributed by atoms with Crippen molar-refractivity contribution in [2.45, 2.75) is 18.4 Å². The predicted molar refractivity (Wildman–Crippen MR) is 151 cm³/mol. The molecule has 4 aromatic carbocycles. The molecule has 1 heterocycles. The van der Waals surface area contributed by atoms with Gasteiger partial charge < -0.3 is 0 Å². The number of anilines is 2. The SMILES string of the molecule is Cc1ccc(S(=O)(=O)N(Cc2ccccc2)c2ccccc2C(=O)Nc2nnc(-c3ccccc3)s2)cc1. The van der Waals surface area contributed by atoms with Gasteiger partial charge in [-0.3, -0.25) is 14.4 Å². The van der Waals surface area contributed by atoms with E-state index in [0.717, 1.165) is 16.7 Å². The molecule has 38 heavy (non-hydrogen) atoms. The molecular weight excluding hydrogens is 516 g/mol. The summed E-state index contributed by atoms with van der Waals surface area (Å²) in [5.41, 5.74) is 3.10. The van der Waals surface area contributed by atoms with Gasteiger partial charge in [-0.2, -0.15) is 0 Å². The average molecular weight is 541 g/mol. The van der Waals surface area contributed by atoms with Gasteiger partial charge in [-0.15, -0.1) is 10.2 Å². The molecule has 0 aliphatic heterocycles. The highest BCUT2D eigenvalue weighted by Gasteiger charge is 2.29. The fraction of sp³-hybridized carbons (Fsp3) is 0.0690. The van der Waals surface area contributed by atoms with Crippen LogP contribution in [-0.2, 0) is 16.6 Å². The van der Waals surface area contributed by atoms with Gasteiger partial charge in [-0.1, -0.05) is 102 Å². The molecular formula is C29H24N4O3S2. The Morgan fingerprint density at radius 3 is 2.16 bits per heavy atom. The number of nitrogens with one attached hydrogen (secondary N) is 1. The number of amides is 1. The minimum absolute atomic E-state index is 0.0539. The number of para-hydroxylation sites is 1. The van der Waals surface area contributed by atoms with Crippen molar-refractivity contribution in [1.82, 2.24) is 10.2 Å². The molecule has 5 rings (SSSR count). The number of sulfonamides is 1. The van der Waals surface area contributed by atoms with E-state index in [4.69, 9.17) is 0 Å². The predicted octanol–water partition coefficient (Wildman–Crippen LogP) is 6.16. The molecule has 0 aliphatic carbocycles. The lowest BCUT2D eigenvalue weighted by atomic mass is 10.1. The van der Waals surface area contributed by atoms with Crippen molar-refractivity contribution in [2.24, 2.45) is 0 Å². The normalized spacial score (nSPS) is 11.2. The third-order valence-electron chi connectivity index (χ3n) is 5.86. The molecule has 5 aromatic rings. The maximum absolute atomic E-state index is 13.9. The number of nitrogens with zero attached hydrogens (tertiary/aromatic N) is 3. The molecule has 1 amide bonds. The Labute approximate surface area is 225 Å². The number of aromatic nitrogens is 2. The minimum Gasteiger partial charge on any atom is -0.296 e. The smallest absolute Gasteiger partial charge is 0.264 e. The summed E-state index contributed by atoms with van der Waals surface area (Å²) < 4.78 is 29.1.